The summed E-state index contributed by atoms with van der Waals surface area (Å²) < 4.78 is 0. The number of amides is 1. The van der Waals surface area contributed by atoms with Gasteiger partial charge in [0.1, 0.15) is 10.0 Å². The molecule has 0 unspecified atom stereocenters. The Kier molecular flexibility index (Phi) is 9.82. The maximum absolute atomic E-state index is 11.8. The highest BCUT2D eigenvalue weighted by molar-refractivity contribution is 8.13. The van der Waals surface area contributed by atoms with Crippen molar-refractivity contribution >= 4 is 44.7 Å². The average molecular weight is 472 g/mol. The van der Waals surface area contributed by atoms with Crippen LogP contribution in [0.3, 0.4) is 0 Å². The van der Waals surface area contributed by atoms with Gasteiger partial charge in [0, 0.05) is 36.5 Å². The third-order valence-corrected chi connectivity index (χ3v) is 7.81. The SMILES string of the molecule is C1CCCCC1.CSC(=Nc1ccccc1)c1c(NC(C)=O)sc2c1CCN(C(C)C)C2. The number of thiophene rings is 1. The molecule has 0 atom stereocenters. The summed E-state index contributed by atoms with van der Waals surface area (Å²) in [7, 11) is 0. The number of hydrogen-bond acceptors (Lipinski definition) is 5. The van der Waals surface area contributed by atoms with Crippen LogP contribution in [-0.4, -0.2) is 34.7 Å². The maximum Gasteiger partial charge on any atom is 0.221 e. The zero-order valence-corrected chi connectivity index (χ0v) is 21.6. The van der Waals surface area contributed by atoms with Crippen molar-refractivity contribution in [3.63, 3.8) is 0 Å². The Morgan fingerprint density at radius 2 is 1.72 bits per heavy atom. The molecule has 1 fully saturated rings. The van der Waals surface area contributed by atoms with Gasteiger partial charge in [-0.2, -0.15) is 0 Å². The van der Waals surface area contributed by atoms with Gasteiger partial charge in [-0.25, -0.2) is 4.99 Å². The second-order valence-electron chi connectivity index (χ2n) is 8.78. The number of carbonyl (C=O) groups is 1. The molecule has 0 bridgehead atoms. The predicted octanol–water partition coefficient (Wildman–Crippen LogP) is 7.25. The second kappa shape index (κ2) is 12.6. The van der Waals surface area contributed by atoms with E-state index in [1.165, 1.54) is 49.0 Å². The van der Waals surface area contributed by atoms with Crippen LogP contribution in [0.1, 0.15) is 75.3 Å². The maximum atomic E-state index is 11.8. The van der Waals surface area contributed by atoms with E-state index in [1.54, 1.807) is 30.0 Å². The van der Waals surface area contributed by atoms with E-state index in [2.05, 4.69) is 24.1 Å². The number of nitrogens with one attached hydrogen (secondary N) is 1. The topological polar surface area (TPSA) is 44.7 Å². The van der Waals surface area contributed by atoms with Crippen molar-refractivity contribution in [2.24, 2.45) is 4.99 Å². The number of aliphatic imine (C=N–C) groups is 1. The van der Waals surface area contributed by atoms with E-state index >= 15 is 0 Å². The number of thioether (sulfide) groups is 1. The molecule has 1 aromatic carbocycles. The number of rotatable bonds is 4. The van der Waals surface area contributed by atoms with Gasteiger partial charge in [-0.05, 0) is 44.2 Å². The molecule has 6 heteroatoms. The van der Waals surface area contributed by atoms with E-state index in [4.69, 9.17) is 4.99 Å². The minimum Gasteiger partial charge on any atom is -0.317 e. The Labute approximate surface area is 201 Å². The van der Waals surface area contributed by atoms with E-state index in [9.17, 15) is 4.79 Å². The molecule has 4 rings (SSSR count). The van der Waals surface area contributed by atoms with Crippen molar-refractivity contribution < 1.29 is 4.79 Å². The second-order valence-corrected chi connectivity index (χ2v) is 10.7. The number of anilines is 1. The first-order chi connectivity index (χ1) is 15.5. The quantitative estimate of drug-likeness (QED) is 0.377. The van der Waals surface area contributed by atoms with E-state index in [0.29, 0.717) is 6.04 Å². The summed E-state index contributed by atoms with van der Waals surface area (Å²) >= 11 is 3.33. The van der Waals surface area contributed by atoms with E-state index in [-0.39, 0.29) is 5.91 Å². The fourth-order valence-electron chi connectivity index (χ4n) is 4.22. The summed E-state index contributed by atoms with van der Waals surface area (Å²) in [6, 6.07) is 10.5. The molecule has 1 N–H and O–H groups in total. The molecular formula is C26H37N3OS2. The molecule has 1 aliphatic heterocycles. The zero-order valence-electron chi connectivity index (χ0n) is 19.9. The molecule has 1 aliphatic carbocycles. The van der Waals surface area contributed by atoms with Crippen LogP contribution in [0.4, 0.5) is 10.7 Å². The normalized spacial score (nSPS) is 16.8. The van der Waals surface area contributed by atoms with Gasteiger partial charge in [-0.15, -0.1) is 23.1 Å². The lowest BCUT2D eigenvalue weighted by molar-refractivity contribution is -0.114. The molecule has 0 radical (unpaired) electrons. The minimum absolute atomic E-state index is 0.0364. The van der Waals surface area contributed by atoms with Crippen LogP contribution in [0, 0.1) is 0 Å². The van der Waals surface area contributed by atoms with Crippen molar-refractivity contribution in [2.75, 3.05) is 18.1 Å². The smallest absolute Gasteiger partial charge is 0.221 e. The summed E-state index contributed by atoms with van der Waals surface area (Å²) in [5, 5.41) is 4.94. The molecule has 2 aliphatic rings. The highest BCUT2D eigenvalue weighted by atomic mass is 32.2. The van der Waals surface area contributed by atoms with Crippen LogP contribution in [0.5, 0.6) is 0 Å². The fourth-order valence-corrected chi connectivity index (χ4v) is 6.23. The standard InChI is InChI=1S/C20H25N3OS2.C6H12/c1-13(2)23-11-10-16-17(12-23)26-20(21-14(3)24)18(16)19(25-4)22-15-8-6-5-7-9-15;1-2-4-6-5-3-1/h5-9,13H,10-12H2,1-4H3,(H,21,24);1-6H2. The molecule has 4 nitrogen and oxygen atoms in total. The first-order valence-corrected chi connectivity index (χ1v) is 13.9. The van der Waals surface area contributed by atoms with Gasteiger partial charge in [-0.1, -0.05) is 56.7 Å². The molecule has 174 valence electrons. The highest BCUT2D eigenvalue weighted by Crippen LogP contribution is 2.40. The Hall–Kier alpha value is -1.63. The van der Waals surface area contributed by atoms with Gasteiger partial charge in [0.05, 0.1) is 5.69 Å². The molecule has 1 saturated carbocycles. The molecule has 0 saturated heterocycles. The lowest BCUT2D eigenvalue weighted by Crippen LogP contribution is -2.35. The first-order valence-electron chi connectivity index (χ1n) is 11.8. The van der Waals surface area contributed by atoms with Crippen LogP contribution in [0.15, 0.2) is 35.3 Å². The van der Waals surface area contributed by atoms with Gasteiger partial charge in [0.2, 0.25) is 5.91 Å². The third kappa shape index (κ3) is 6.93. The number of carbonyl (C=O) groups excluding carboxylic acids is 1. The monoisotopic (exact) mass is 471 g/mol. The van der Waals surface area contributed by atoms with Crippen LogP contribution < -0.4 is 5.32 Å². The van der Waals surface area contributed by atoms with Gasteiger partial charge in [0.25, 0.3) is 0 Å². The number of para-hydroxylation sites is 1. The summed E-state index contributed by atoms with van der Waals surface area (Å²) in [5.74, 6) is -0.0364. The Morgan fingerprint density at radius 3 is 2.25 bits per heavy atom. The average Bonchev–Trinajstić information content (AvgIpc) is 3.16. The molecule has 1 amide bonds. The Balaban J connectivity index is 0.000000416. The highest BCUT2D eigenvalue weighted by Gasteiger charge is 2.28. The Bertz CT molecular complexity index is 890. The van der Waals surface area contributed by atoms with E-state index in [0.717, 1.165) is 40.8 Å². The molecule has 1 aromatic heterocycles. The van der Waals surface area contributed by atoms with Crippen LogP contribution in [0.2, 0.25) is 0 Å². The summed E-state index contributed by atoms with van der Waals surface area (Å²) in [5.41, 5.74) is 3.39. The summed E-state index contributed by atoms with van der Waals surface area (Å²) in [4.78, 5) is 20.5. The Morgan fingerprint density at radius 1 is 1.09 bits per heavy atom. The van der Waals surface area contributed by atoms with Crippen molar-refractivity contribution in [3.8, 4) is 0 Å². The number of fused-ring (bicyclic) bond motifs is 1. The molecule has 2 heterocycles. The largest absolute Gasteiger partial charge is 0.317 e. The summed E-state index contributed by atoms with van der Waals surface area (Å²) in [6.45, 7) is 8.02. The van der Waals surface area contributed by atoms with Gasteiger partial charge < -0.3 is 5.32 Å². The molecular weight excluding hydrogens is 434 g/mol. The first kappa shape index (κ1) is 25.0. The van der Waals surface area contributed by atoms with E-state index in [1.807, 2.05) is 36.6 Å². The van der Waals surface area contributed by atoms with Crippen LogP contribution in [-0.2, 0) is 17.8 Å². The number of nitrogens with zero attached hydrogens (tertiary/aromatic N) is 2. The zero-order chi connectivity index (χ0) is 22.9. The predicted molar refractivity (Wildman–Crippen MR) is 142 cm³/mol. The van der Waals surface area contributed by atoms with Crippen molar-refractivity contribution in [2.45, 2.75) is 78.3 Å². The van der Waals surface area contributed by atoms with Crippen molar-refractivity contribution in [3.05, 3.63) is 46.3 Å². The van der Waals surface area contributed by atoms with Gasteiger partial charge in [0.15, 0.2) is 0 Å². The van der Waals surface area contributed by atoms with Gasteiger partial charge >= 0.3 is 0 Å². The van der Waals surface area contributed by atoms with Crippen molar-refractivity contribution in [1.29, 1.82) is 0 Å². The van der Waals surface area contributed by atoms with Crippen molar-refractivity contribution in [1.82, 2.24) is 4.90 Å². The van der Waals surface area contributed by atoms with Crippen LogP contribution in [0.25, 0.3) is 0 Å². The molecule has 0 spiro atoms. The lowest BCUT2D eigenvalue weighted by Gasteiger charge is -2.30. The summed E-state index contributed by atoms with van der Waals surface area (Å²) in [6.07, 6.45) is 12.0. The van der Waals surface area contributed by atoms with Gasteiger partial charge in [-0.3, -0.25) is 9.69 Å². The number of benzene rings is 1. The number of hydrogen-bond donors (Lipinski definition) is 1. The molecule has 2 aromatic rings. The third-order valence-electron chi connectivity index (χ3n) is 6.00. The fraction of sp³-hybridized carbons (Fsp3) is 0.538. The lowest BCUT2D eigenvalue weighted by atomic mass is 10.0. The van der Waals surface area contributed by atoms with E-state index < -0.39 is 0 Å². The minimum atomic E-state index is -0.0364. The van der Waals surface area contributed by atoms with Crippen LogP contribution >= 0.6 is 23.1 Å². The molecule has 32 heavy (non-hydrogen) atoms.